The molecule has 1 aliphatic carbocycles. The topological polar surface area (TPSA) is 55.1 Å². The van der Waals surface area contributed by atoms with Gasteiger partial charge in [-0.3, -0.25) is 0 Å². The first-order chi connectivity index (χ1) is 9.39. The molecule has 2 aromatic rings. The Morgan fingerprint density at radius 2 is 2.05 bits per heavy atom. The minimum atomic E-state index is -0.878. The van der Waals surface area contributed by atoms with E-state index < -0.39 is 5.97 Å². The van der Waals surface area contributed by atoms with Gasteiger partial charge >= 0.3 is 5.97 Å². The number of carboxylic acid groups (broad SMARTS) is 1. The quantitative estimate of drug-likeness (QED) is 0.905. The second-order valence-electron chi connectivity index (χ2n) is 6.62. The molecule has 0 radical (unpaired) electrons. The van der Waals surface area contributed by atoms with E-state index in [0.717, 1.165) is 29.7 Å². The molecule has 1 fully saturated rings. The molecule has 0 bridgehead atoms. The van der Waals surface area contributed by atoms with Gasteiger partial charge < -0.3 is 9.67 Å². The summed E-state index contributed by atoms with van der Waals surface area (Å²) in [5.74, 6) is 0.113. The molecule has 4 nitrogen and oxygen atoms in total. The molecule has 3 rings (SSSR count). The van der Waals surface area contributed by atoms with E-state index in [1.807, 2.05) is 6.07 Å². The summed E-state index contributed by atoms with van der Waals surface area (Å²) in [6, 6.07) is 5.76. The Bertz CT molecular complexity index is 676. The Morgan fingerprint density at radius 1 is 1.35 bits per heavy atom. The van der Waals surface area contributed by atoms with Gasteiger partial charge in [-0.25, -0.2) is 9.78 Å². The molecule has 20 heavy (non-hydrogen) atoms. The lowest BCUT2D eigenvalue weighted by atomic mass is 9.89. The van der Waals surface area contributed by atoms with Crippen molar-refractivity contribution in [3.05, 3.63) is 29.6 Å². The Kier molecular flexibility index (Phi) is 2.85. The maximum Gasteiger partial charge on any atom is 0.337 e. The molecular formula is C16H20N2O2. The zero-order valence-electron chi connectivity index (χ0n) is 12.2. The van der Waals surface area contributed by atoms with Crippen molar-refractivity contribution in [1.29, 1.82) is 0 Å². The normalized spacial score (nSPS) is 16.4. The van der Waals surface area contributed by atoms with Crippen molar-refractivity contribution in [2.75, 3.05) is 0 Å². The van der Waals surface area contributed by atoms with Gasteiger partial charge in [-0.05, 0) is 31.4 Å². The van der Waals surface area contributed by atoms with Crippen molar-refractivity contribution < 1.29 is 9.90 Å². The lowest BCUT2D eigenvalue weighted by Gasteiger charge is -2.32. The number of hydrogen-bond acceptors (Lipinski definition) is 2. The predicted molar refractivity (Wildman–Crippen MR) is 78.3 cm³/mol. The Labute approximate surface area is 118 Å². The highest BCUT2D eigenvalue weighted by atomic mass is 16.4. The maximum atomic E-state index is 11.5. The van der Waals surface area contributed by atoms with Crippen molar-refractivity contribution in [3.63, 3.8) is 0 Å². The van der Waals surface area contributed by atoms with E-state index in [4.69, 9.17) is 4.98 Å². The molecule has 1 aromatic carbocycles. The van der Waals surface area contributed by atoms with Crippen LogP contribution in [0.2, 0.25) is 0 Å². The second kappa shape index (κ2) is 4.33. The number of nitrogens with zero attached hydrogens (tertiary/aromatic N) is 2. The van der Waals surface area contributed by atoms with E-state index in [2.05, 4.69) is 25.3 Å². The van der Waals surface area contributed by atoms with Crippen LogP contribution in [0.1, 0.15) is 62.3 Å². The summed E-state index contributed by atoms with van der Waals surface area (Å²) in [7, 11) is 0. The highest BCUT2D eigenvalue weighted by molar-refractivity contribution is 6.01. The third kappa shape index (κ3) is 1.90. The summed E-state index contributed by atoms with van der Waals surface area (Å²) in [5, 5.41) is 9.45. The largest absolute Gasteiger partial charge is 0.478 e. The Morgan fingerprint density at radius 3 is 2.55 bits per heavy atom. The number of fused-ring (bicyclic) bond motifs is 1. The van der Waals surface area contributed by atoms with E-state index in [1.165, 1.54) is 6.42 Å². The number of para-hydroxylation sites is 1. The van der Waals surface area contributed by atoms with Gasteiger partial charge in [-0.15, -0.1) is 0 Å². The summed E-state index contributed by atoms with van der Waals surface area (Å²) in [5.41, 5.74) is 1.85. The standard InChI is InChI=1S/C16H20N2O2/c1-16(2,3)15-17-12-9-5-8-11(14(19)20)13(12)18(15)10-6-4-7-10/h5,8-10H,4,6-7H2,1-3H3,(H,19,20). The van der Waals surface area contributed by atoms with Gasteiger partial charge in [0.25, 0.3) is 0 Å². The van der Waals surface area contributed by atoms with Crippen molar-refractivity contribution in [2.45, 2.75) is 51.5 Å². The molecule has 4 heteroatoms. The van der Waals surface area contributed by atoms with E-state index >= 15 is 0 Å². The SMILES string of the molecule is CC(C)(C)c1nc2cccc(C(=O)O)c2n1C1CCC1. The Hall–Kier alpha value is -1.84. The lowest BCUT2D eigenvalue weighted by molar-refractivity contribution is 0.0698. The fraction of sp³-hybridized carbons (Fsp3) is 0.500. The zero-order valence-corrected chi connectivity index (χ0v) is 12.2. The number of hydrogen-bond donors (Lipinski definition) is 1. The number of aromatic nitrogens is 2. The monoisotopic (exact) mass is 272 g/mol. The highest BCUT2D eigenvalue weighted by Gasteiger charge is 2.31. The molecule has 1 saturated carbocycles. The van der Waals surface area contributed by atoms with Crippen molar-refractivity contribution in [1.82, 2.24) is 9.55 Å². The number of benzene rings is 1. The predicted octanol–water partition coefficient (Wildman–Crippen LogP) is 3.76. The molecule has 106 valence electrons. The van der Waals surface area contributed by atoms with Crippen molar-refractivity contribution >= 4 is 17.0 Å². The van der Waals surface area contributed by atoms with Crippen LogP contribution in [0.4, 0.5) is 0 Å². The summed E-state index contributed by atoms with van der Waals surface area (Å²) in [6.45, 7) is 6.39. The average molecular weight is 272 g/mol. The smallest absolute Gasteiger partial charge is 0.337 e. The Balaban J connectivity index is 2.35. The molecule has 0 spiro atoms. The fourth-order valence-corrected chi connectivity index (χ4v) is 2.85. The minimum absolute atomic E-state index is 0.0929. The number of carbonyl (C=O) groups is 1. The van der Waals surface area contributed by atoms with Gasteiger partial charge in [0, 0.05) is 11.5 Å². The number of rotatable bonds is 2. The molecule has 1 N–H and O–H groups in total. The van der Waals surface area contributed by atoms with Gasteiger partial charge in [0.05, 0.1) is 16.6 Å². The third-order valence-corrected chi connectivity index (χ3v) is 4.05. The lowest BCUT2D eigenvalue weighted by Crippen LogP contribution is -2.26. The fourth-order valence-electron chi connectivity index (χ4n) is 2.85. The highest BCUT2D eigenvalue weighted by Crippen LogP contribution is 2.39. The van der Waals surface area contributed by atoms with E-state index in [0.29, 0.717) is 11.6 Å². The molecule has 0 atom stereocenters. The van der Waals surface area contributed by atoms with E-state index in [9.17, 15) is 9.90 Å². The molecule has 0 unspecified atom stereocenters. The van der Waals surface area contributed by atoms with Crippen molar-refractivity contribution in [3.8, 4) is 0 Å². The van der Waals surface area contributed by atoms with Crippen LogP contribution in [-0.2, 0) is 5.41 Å². The van der Waals surface area contributed by atoms with Gasteiger partial charge in [0.2, 0.25) is 0 Å². The third-order valence-electron chi connectivity index (χ3n) is 4.05. The summed E-state index contributed by atoms with van der Waals surface area (Å²) in [6.07, 6.45) is 3.44. The van der Waals surface area contributed by atoms with Gasteiger partial charge in [-0.1, -0.05) is 26.8 Å². The van der Waals surface area contributed by atoms with Crippen LogP contribution in [0, 0.1) is 0 Å². The number of aromatic carboxylic acids is 1. The first kappa shape index (κ1) is 13.2. The van der Waals surface area contributed by atoms with Crippen LogP contribution in [0.25, 0.3) is 11.0 Å². The van der Waals surface area contributed by atoms with E-state index in [1.54, 1.807) is 12.1 Å². The molecule has 1 aliphatic rings. The molecule has 0 aliphatic heterocycles. The minimum Gasteiger partial charge on any atom is -0.478 e. The average Bonchev–Trinajstić information content (AvgIpc) is 2.66. The maximum absolute atomic E-state index is 11.5. The van der Waals surface area contributed by atoms with Crippen LogP contribution in [0.3, 0.4) is 0 Å². The molecular weight excluding hydrogens is 252 g/mol. The molecule has 0 saturated heterocycles. The van der Waals surface area contributed by atoms with Crippen LogP contribution < -0.4 is 0 Å². The summed E-state index contributed by atoms with van der Waals surface area (Å²) >= 11 is 0. The van der Waals surface area contributed by atoms with Crippen LogP contribution in [0.15, 0.2) is 18.2 Å². The number of carboxylic acids is 1. The van der Waals surface area contributed by atoms with Gasteiger partial charge in [-0.2, -0.15) is 0 Å². The van der Waals surface area contributed by atoms with Crippen LogP contribution in [-0.4, -0.2) is 20.6 Å². The number of imidazole rings is 1. The van der Waals surface area contributed by atoms with Crippen LogP contribution in [0.5, 0.6) is 0 Å². The molecule has 1 heterocycles. The first-order valence-electron chi connectivity index (χ1n) is 7.14. The zero-order chi connectivity index (χ0) is 14.5. The summed E-state index contributed by atoms with van der Waals surface area (Å²) in [4.78, 5) is 16.2. The summed E-state index contributed by atoms with van der Waals surface area (Å²) < 4.78 is 2.18. The van der Waals surface area contributed by atoms with Crippen LogP contribution >= 0.6 is 0 Å². The first-order valence-corrected chi connectivity index (χ1v) is 7.14. The van der Waals surface area contributed by atoms with Gasteiger partial charge in [0.1, 0.15) is 5.82 Å². The van der Waals surface area contributed by atoms with Crippen molar-refractivity contribution in [2.24, 2.45) is 0 Å². The molecule has 1 aromatic heterocycles. The molecule has 0 amide bonds. The van der Waals surface area contributed by atoms with E-state index in [-0.39, 0.29) is 5.41 Å². The van der Waals surface area contributed by atoms with Gasteiger partial charge in [0.15, 0.2) is 0 Å². The second-order valence-corrected chi connectivity index (χ2v) is 6.62.